The van der Waals surface area contributed by atoms with Gasteiger partial charge in [-0.15, -0.1) is 0 Å². The highest BCUT2D eigenvalue weighted by molar-refractivity contribution is 6.31. The molecule has 18 heavy (non-hydrogen) atoms. The number of rotatable bonds is 3. The first-order valence-electron chi connectivity index (χ1n) is 5.74. The van der Waals surface area contributed by atoms with Crippen molar-refractivity contribution in [2.24, 2.45) is 5.73 Å². The maximum atomic E-state index is 6.26. The molecule has 1 aromatic carbocycles. The molecule has 0 fully saturated rings. The molecule has 0 saturated heterocycles. The van der Waals surface area contributed by atoms with E-state index in [-0.39, 0.29) is 12.1 Å². The van der Waals surface area contributed by atoms with Crippen LogP contribution in [0.2, 0.25) is 10.0 Å². The molecule has 0 radical (unpaired) electrons. The highest BCUT2D eigenvalue weighted by Crippen LogP contribution is 2.28. The molecule has 2 N–H and O–H groups in total. The average Bonchev–Trinajstić information content (AvgIpc) is 2.71. The SMILES string of the molecule is CC(C)n1ncc(Cl)c1C(N)c1ccc(Cl)cc1. The van der Waals surface area contributed by atoms with Crippen molar-refractivity contribution in [3.63, 3.8) is 0 Å². The zero-order chi connectivity index (χ0) is 13.3. The molecule has 0 amide bonds. The molecule has 0 spiro atoms. The van der Waals surface area contributed by atoms with Gasteiger partial charge < -0.3 is 5.73 Å². The van der Waals surface area contributed by atoms with Crippen LogP contribution in [0.1, 0.15) is 37.2 Å². The van der Waals surface area contributed by atoms with Crippen LogP contribution in [0.25, 0.3) is 0 Å². The summed E-state index contributed by atoms with van der Waals surface area (Å²) in [4.78, 5) is 0. The molecule has 2 aromatic rings. The minimum absolute atomic E-state index is 0.214. The Morgan fingerprint density at radius 2 is 1.78 bits per heavy atom. The van der Waals surface area contributed by atoms with Crippen molar-refractivity contribution in [1.82, 2.24) is 9.78 Å². The molecule has 0 aliphatic heterocycles. The van der Waals surface area contributed by atoms with Gasteiger partial charge in [0.1, 0.15) is 0 Å². The fraction of sp³-hybridized carbons (Fsp3) is 0.308. The molecule has 0 aliphatic rings. The van der Waals surface area contributed by atoms with Gasteiger partial charge >= 0.3 is 0 Å². The first kappa shape index (κ1) is 13.4. The maximum Gasteiger partial charge on any atom is 0.0837 e. The van der Waals surface area contributed by atoms with Crippen molar-refractivity contribution < 1.29 is 0 Å². The number of hydrogen-bond acceptors (Lipinski definition) is 2. The van der Waals surface area contributed by atoms with E-state index in [9.17, 15) is 0 Å². The molecular formula is C13H15Cl2N3. The fourth-order valence-corrected chi connectivity index (χ4v) is 2.25. The topological polar surface area (TPSA) is 43.8 Å². The first-order valence-corrected chi connectivity index (χ1v) is 6.50. The van der Waals surface area contributed by atoms with Crippen LogP contribution in [0.5, 0.6) is 0 Å². The maximum absolute atomic E-state index is 6.26. The molecular weight excluding hydrogens is 269 g/mol. The largest absolute Gasteiger partial charge is 0.319 e. The minimum Gasteiger partial charge on any atom is -0.319 e. The number of benzene rings is 1. The fourth-order valence-electron chi connectivity index (χ4n) is 1.88. The molecule has 1 unspecified atom stereocenters. The summed E-state index contributed by atoms with van der Waals surface area (Å²) in [6.45, 7) is 4.09. The van der Waals surface area contributed by atoms with E-state index in [1.165, 1.54) is 0 Å². The number of hydrogen-bond donors (Lipinski definition) is 1. The van der Waals surface area contributed by atoms with Crippen molar-refractivity contribution >= 4 is 23.2 Å². The summed E-state index contributed by atoms with van der Waals surface area (Å²) >= 11 is 12.0. The van der Waals surface area contributed by atoms with Crippen molar-refractivity contribution in [1.29, 1.82) is 0 Å². The molecule has 0 saturated carbocycles. The highest BCUT2D eigenvalue weighted by Gasteiger charge is 2.19. The van der Waals surface area contributed by atoms with E-state index in [0.29, 0.717) is 10.0 Å². The Bertz CT molecular complexity index is 532. The molecule has 5 heteroatoms. The Hall–Kier alpha value is -1.03. The quantitative estimate of drug-likeness (QED) is 0.931. The molecule has 2 rings (SSSR count). The molecule has 96 valence electrons. The van der Waals surface area contributed by atoms with Crippen LogP contribution >= 0.6 is 23.2 Å². The van der Waals surface area contributed by atoms with Crippen molar-refractivity contribution in [2.75, 3.05) is 0 Å². The van der Waals surface area contributed by atoms with E-state index in [2.05, 4.69) is 5.10 Å². The lowest BCUT2D eigenvalue weighted by Crippen LogP contribution is -2.19. The Morgan fingerprint density at radius 1 is 1.17 bits per heavy atom. The summed E-state index contributed by atoms with van der Waals surface area (Å²) in [5.74, 6) is 0. The van der Waals surface area contributed by atoms with Gasteiger partial charge in [0.05, 0.1) is 23.0 Å². The summed E-state index contributed by atoms with van der Waals surface area (Å²) in [6.07, 6.45) is 1.63. The van der Waals surface area contributed by atoms with Gasteiger partial charge in [0.2, 0.25) is 0 Å². The number of halogens is 2. The third kappa shape index (κ3) is 2.53. The standard InChI is InChI=1S/C13H15Cl2N3/c1-8(2)18-13(11(15)7-17-18)12(16)9-3-5-10(14)6-4-9/h3-8,12H,16H2,1-2H3. The second-order valence-corrected chi connectivity index (χ2v) is 5.29. The van der Waals surface area contributed by atoms with E-state index < -0.39 is 0 Å². The van der Waals surface area contributed by atoms with Crippen LogP contribution in [0.15, 0.2) is 30.5 Å². The van der Waals surface area contributed by atoms with Gasteiger partial charge in [0.25, 0.3) is 0 Å². The van der Waals surface area contributed by atoms with Gasteiger partial charge in [-0.05, 0) is 31.5 Å². The molecule has 1 aromatic heterocycles. The zero-order valence-electron chi connectivity index (χ0n) is 10.3. The molecule has 1 heterocycles. The number of nitrogens with two attached hydrogens (primary N) is 1. The Kier molecular flexibility index (Phi) is 3.95. The van der Waals surface area contributed by atoms with E-state index in [1.807, 2.05) is 42.8 Å². The predicted molar refractivity (Wildman–Crippen MR) is 75.1 cm³/mol. The average molecular weight is 284 g/mol. The van der Waals surface area contributed by atoms with Crippen molar-refractivity contribution in [3.8, 4) is 0 Å². The van der Waals surface area contributed by atoms with E-state index in [1.54, 1.807) is 6.20 Å². The van der Waals surface area contributed by atoms with Crippen LogP contribution in [0, 0.1) is 0 Å². The Balaban J connectivity index is 2.42. The van der Waals surface area contributed by atoms with E-state index in [0.717, 1.165) is 11.3 Å². The molecule has 0 bridgehead atoms. The van der Waals surface area contributed by atoms with E-state index in [4.69, 9.17) is 28.9 Å². The lowest BCUT2D eigenvalue weighted by Gasteiger charge is -2.17. The normalized spacial score (nSPS) is 13.0. The Morgan fingerprint density at radius 3 is 2.33 bits per heavy atom. The molecule has 1 atom stereocenters. The lowest BCUT2D eigenvalue weighted by molar-refractivity contribution is 0.499. The number of aromatic nitrogens is 2. The lowest BCUT2D eigenvalue weighted by atomic mass is 10.0. The summed E-state index contributed by atoms with van der Waals surface area (Å²) in [5, 5.41) is 5.54. The van der Waals surface area contributed by atoms with Crippen LogP contribution in [0.4, 0.5) is 0 Å². The summed E-state index contributed by atoms with van der Waals surface area (Å²) in [5.41, 5.74) is 8.05. The second-order valence-electron chi connectivity index (χ2n) is 4.45. The third-order valence-corrected chi connectivity index (χ3v) is 3.34. The van der Waals surface area contributed by atoms with Crippen LogP contribution in [-0.2, 0) is 0 Å². The minimum atomic E-state index is -0.306. The smallest absolute Gasteiger partial charge is 0.0837 e. The second kappa shape index (κ2) is 5.31. The van der Waals surface area contributed by atoms with Crippen LogP contribution < -0.4 is 5.73 Å². The summed E-state index contributed by atoms with van der Waals surface area (Å²) in [7, 11) is 0. The zero-order valence-corrected chi connectivity index (χ0v) is 11.8. The van der Waals surface area contributed by atoms with Crippen molar-refractivity contribution in [2.45, 2.75) is 25.9 Å². The van der Waals surface area contributed by atoms with Gasteiger partial charge in [-0.1, -0.05) is 35.3 Å². The predicted octanol–water partition coefficient (Wildman–Crippen LogP) is 3.82. The molecule has 3 nitrogen and oxygen atoms in total. The van der Waals surface area contributed by atoms with Crippen LogP contribution in [0.3, 0.4) is 0 Å². The summed E-state index contributed by atoms with van der Waals surface area (Å²) < 4.78 is 1.85. The monoisotopic (exact) mass is 283 g/mol. The third-order valence-electron chi connectivity index (χ3n) is 2.80. The van der Waals surface area contributed by atoms with Gasteiger partial charge in [-0.25, -0.2) is 0 Å². The van der Waals surface area contributed by atoms with Gasteiger partial charge in [-0.2, -0.15) is 5.10 Å². The van der Waals surface area contributed by atoms with Gasteiger partial charge in [0.15, 0.2) is 0 Å². The summed E-state index contributed by atoms with van der Waals surface area (Å²) in [6, 6.07) is 7.36. The van der Waals surface area contributed by atoms with Gasteiger partial charge in [0, 0.05) is 11.1 Å². The number of nitrogens with zero attached hydrogens (tertiary/aromatic N) is 2. The first-order chi connectivity index (χ1) is 8.50. The van der Waals surface area contributed by atoms with Gasteiger partial charge in [-0.3, -0.25) is 4.68 Å². The highest BCUT2D eigenvalue weighted by atomic mass is 35.5. The van der Waals surface area contributed by atoms with Crippen LogP contribution in [-0.4, -0.2) is 9.78 Å². The Labute approximate surface area is 117 Å². The van der Waals surface area contributed by atoms with Crippen molar-refractivity contribution in [3.05, 3.63) is 51.8 Å². The van der Waals surface area contributed by atoms with E-state index >= 15 is 0 Å². The molecule has 0 aliphatic carbocycles.